The molecule has 0 aromatic rings. The molecule has 0 radical (unpaired) electrons. The number of halogens is 2. The molecule has 4 nitrogen and oxygen atoms in total. The summed E-state index contributed by atoms with van der Waals surface area (Å²) in [5.74, 6) is -0.355. The van der Waals surface area contributed by atoms with Gasteiger partial charge in [-0.1, -0.05) is 31.9 Å². The van der Waals surface area contributed by atoms with Crippen LogP contribution in [0.4, 0.5) is 0 Å². The maximum Gasteiger partial charge on any atom is 0.337 e. The van der Waals surface area contributed by atoms with Gasteiger partial charge < -0.3 is 15.4 Å². The molecule has 0 saturated carbocycles. The lowest BCUT2D eigenvalue weighted by Crippen LogP contribution is -2.42. The zero-order valence-corrected chi connectivity index (χ0v) is 12.5. The van der Waals surface area contributed by atoms with Crippen molar-refractivity contribution in [2.24, 2.45) is 0 Å². The molecule has 0 amide bonds. The quantitative estimate of drug-likeness (QED) is 0.588. The van der Waals surface area contributed by atoms with Crippen molar-refractivity contribution in [1.82, 2.24) is 10.6 Å². The molecule has 7 heteroatoms. The van der Waals surface area contributed by atoms with Crippen LogP contribution in [-0.2, 0) is 9.53 Å². The van der Waals surface area contributed by atoms with E-state index in [1.165, 1.54) is 0 Å². The number of ether oxygens (including phenoxy) is 1. The fraction of sp³-hybridized carbons (Fsp3) is 0.333. The van der Waals surface area contributed by atoms with Crippen LogP contribution < -0.4 is 10.6 Å². The van der Waals surface area contributed by atoms with E-state index in [0.717, 1.165) is 10.2 Å². The Morgan fingerprint density at radius 1 is 1.69 bits per heavy atom. The normalized spacial score (nSPS) is 16.7. The molecule has 1 aliphatic rings. The summed E-state index contributed by atoms with van der Waals surface area (Å²) in [6.07, 6.45) is 0. The third-order valence-electron chi connectivity index (χ3n) is 1.89. The highest BCUT2D eigenvalue weighted by atomic mass is 79.9. The van der Waals surface area contributed by atoms with E-state index < -0.39 is 0 Å². The Bertz CT molecular complexity index is 380. The Kier molecular flexibility index (Phi) is 5.43. The SMILES string of the molecule is CC1=C(C(=O)OCC(Br)=CBr)CNC(=S)N1. The van der Waals surface area contributed by atoms with Gasteiger partial charge in [0.25, 0.3) is 0 Å². The van der Waals surface area contributed by atoms with Crippen LogP contribution in [0.15, 0.2) is 20.7 Å². The maximum absolute atomic E-state index is 11.7. The van der Waals surface area contributed by atoms with Gasteiger partial charge >= 0.3 is 5.97 Å². The topological polar surface area (TPSA) is 50.4 Å². The molecule has 0 atom stereocenters. The van der Waals surface area contributed by atoms with Crippen LogP contribution in [0, 0.1) is 0 Å². The average Bonchev–Trinajstić information content (AvgIpc) is 2.25. The summed E-state index contributed by atoms with van der Waals surface area (Å²) in [6, 6.07) is 0. The number of carbonyl (C=O) groups excluding carboxylic acids is 1. The van der Waals surface area contributed by atoms with Crippen LogP contribution in [0.5, 0.6) is 0 Å². The molecular formula is C9H10Br2N2O2S. The number of hydrogen-bond donors (Lipinski definition) is 2. The fourth-order valence-corrected chi connectivity index (χ4v) is 1.54. The Labute approximate surface area is 116 Å². The predicted molar refractivity (Wildman–Crippen MR) is 73.3 cm³/mol. The van der Waals surface area contributed by atoms with Crippen molar-refractivity contribution in [3.8, 4) is 0 Å². The smallest absolute Gasteiger partial charge is 0.337 e. The van der Waals surface area contributed by atoms with Crippen molar-refractivity contribution in [3.63, 3.8) is 0 Å². The molecule has 0 spiro atoms. The molecule has 16 heavy (non-hydrogen) atoms. The summed E-state index contributed by atoms with van der Waals surface area (Å²) >= 11 is 11.3. The molecule has 0 aromatic heterocycles. The second-order valence-electron chi connectivity index (χ2n) is 3.04. The van der Waals surface area contributed by atoms with Crippen molar-refractivity contribution in [1.29, 1.82) is 0 Å². The van der Waals surface area contributed by atoms with E-state index in [9.17, 15) is 4.79 Å². The summed E-state index contributed by atoms with van der Waals surface area (Å²) < 4.78 is 5.83. The summed E-state index contributed by atoms with van der Waals surface area (Å²) in [5.41, 5.74) is 1.29. The highest BCUT2D eigenvalue weighted by Gasteiger charge is 2.19. The van der Waals surface area contributed by atoms with E-state index in [1.807, 2.05) is 0 Å². The molecule has 0 aliphatic carbocycles. The van der Waals surface area contributed by atoms with E-state index in [1.54, 1.807) is 11.9 Å². The van der Waals surface area contributed by atoms with E-state index in [0.29, 0.717) is 17.2 Å². The van der Waals surface area contributed by atoms with Crippen molar-refractivity contribution in [3.05, 3.63) is 20.7 Å². The van der Waals surface area contributed by atoms with Crippen LogP contribution in [0.1, 0.15) is 6.92 Å². The van der Waals surface area contributed by atoms with Crippen molar-refractivity contribution < 1.29 is 9.53 Å². The van der Waals surface area contributed by atoms with Crippen molar-refractivity contribution >= 4 is 55.2 Å². The van der Waals surface area contributed by atoms with Gasteiger partial charge in [-0.2, -0.15) is 0 Å². The molecule has 0 unspecified atom stereocenters. The minimum atomic E-state index is -0.355. The van der Waals surface area contributed by atoms with Crippen molar-refractivity contribution in [2.75, 3.05) is 13.2 Å². The number of nitrogens with one attached hydrogen (secondary N) is 2. The Balaban J connectivity index is 2.60. The Hall–Kier alpha value is -0.400. The first-order valence-corrected chi connectivity index (χ1v) is 6.52. The monoisotopic (exact) mass is 368 g/mol. The number of rotatable bonds is 3. The van der Waals surface area contributed by atoms with Crippen LogP contribution >= 0.6 is 44.1 Å². The van der Waals surface area contributed by atoms with Gasteiger partial charge in [-0.25, -0.2) is 4.79 Å². The Morgan fingerprint density at radius 2 is 2.38 bits per heavy atom. The van der Waals surface area contributed by atoms with Crippen LogP contribution in [-0.4, -0.2) is 24.2 Å². The van der Waals surface area contributed by atoms with E-state index in [-0.39, 0.29) is 12.6 Å². The first-order chi connectivity index (χ1) is 7.54. The van der Waals surface area contributed by atoms with Crippen LogP contribution in [0.25, 0.3) is 0 Å². The van der Waals surface area contributed by atoms with E-state index in [4.69, 9.17) is 17.0 Å². The zero-order valence-electron chi connectivity index (χ0n) is 8.47. The number of hydrogen-bond acceptors (Lipinski definition) is 3. The first kappa shape index (κ1) is 13.7. The van der Waals surface area contributed by atoms with Gasteiger partial charge in [-0.05, 0) is 24.1 Å². The van der Waals surface area contributed by atoms with Gasteiger partial charge in [-0.3, -0.25) is 0 Å². The molecule has 1 aliphatic heterocycles. The van der Waals surface area contributed by atoms with Gasteiger partial charge in [0.05, 0.1) is 12.1 Å². The minimum Gasteiger partial charge on any atom is -0.457 e. The largest absolute Gasteiger partial charge is 0.457 e. The lowest BCUT2D eigenvalue weighted by Gasteiger charge is -2.20. The van der Waals surface area contributed by atoms with E-state index in [2.05, 4.69) is 42.5 Å². The molecule has 0 bridgehead atoms. The summed E-state index contributed by atoms with van der Waals surface area (Å²) in [4.78, 5) is 13.3. The third kappa shape index (κ3) is 3.88. The zero-order chi connectivity index (χ0) is 12.1. The highest BCUT2D eigenvalue weighted by molar-refractivity contribution is 9.14. The molecule has 0 saturated heterocycles. The Morgan fingerprint density at radius 3 is 2.94 bits per heavy atom. The summed E-state index contributed by atoms with van der Waals surface area (Å²) in [6.45, 7) is 2.39. The minimum absolute atomic E-state index is 0.200. The predicted octanol–water partition coefficient (Wildman–Crippen LogP) is 1.91. The number of carbonyl (C=O) groups is 1. The lowest BCUT2D eigenvalue weighted by molar-refractivity contribution is -0.138. The van der Waals surface area contributed by atoms with Gasteiger partial charge in [0.2, 0.25) is 0 Å². The van der Waals surface area contributed by atoms with Gasteiger partial charge in [0, 0.05) is 10.2 Å². The molecule has 2 N–H and O–H groups in total. The van der Waals surface area contributed by atoms with Gasteiger partial charge in [-0.15, -0.1) is 0 Å². The number of thiocarbonyl (C=S) groups is 1. The number of esters is 1. The average molecular weight is 370 g/mol. The van der Waals surface area contributed by atoms with Crippen LogP contribution in [0.3, 0.4) is 0 Å². The van der Waals surface area contributed by atoms with Crippen LogP contribution in [0.2, 0.25) is 0 Å². The molecule has 0 aromatic carbocycles. The summed E-state index contributed by atoms with van der Waals surface area (Å²) in [5, 5.41) is 6.27. The third-order valence-corrected chi connectivity index (χ3v) is 3.76. The fourth-order valence-electron chi connectivity index (χ4n) is 1.07. The van der Waals surface area contributed by atoms with Gasteiger partial charge in [0.1, 0.15) is 6.61 Å². The second kappa shape index (κ2) is 6.36. The molecule has 1 rings (SSSR count). The molecule has 88 valence electrons. The van der Waals surface area contributed by atoms with Gasteiger partial charge in [0.15, 0.2) is 5.11 Å². The standard InChI is InChI=1S/C9H10Br2N2O2S/c1-5-7(3-12-9(16)13-5)8(14)15-4-6(11)2-10/h2H,3-4H2,1H3,(H2,12,13,16). The molecule has 1 heterocycles. The molecule has 0 fully saturated rings. The second-order valence-corrected chi connectivity index (χ2v) is 4.93. The van der Waals surface area contributed by atoms with E-state index >= 15 is 0 Å². The highest BCUT2D eigenvalue weighted by Crippen LogP contribution is 2.11. The molecular weight excluding hydrogens is 360 g/mol. The first-order valence-electron chi connectivity index (χ1n) is 4.41. The lowest BCUT2D eigenvalue weighted by atomic mass is 10.2. The maximum atomic E-state index is 11.7. The summed E-state index contributed by atoms with van der Waals surface area (Å²) in [7, 11) is 0. The number of allylic oxidation sites excluding steroid dienone is 1. The van der Waals surface area contributed by atoms with Crippen molar-refractivity contribution in [2.45, 2.75) is 6.92 Å².